The lowest BCUT2D eigenvalue weighted by Gasteiger charge is -2.18. The Labute approximate surface area is 131 Å². The Hall–Kier alpha value is -2.41. The summed E-state index contributed by atoms with van der Waals surface area (Å²) in [5.74, 6) is 1.01. The van der Waals surface area contributed by atoms with E-state index in [1.807, 2.05) is 12.3 Å². The van der Waals surface area contributed by atoms with Crippen LogP contribution in [0, 0.1) is 0 Å². The fraction of sp³-hybridized carbons (Fsp3) is 0.190. The Morgan fingerprint density at radius 1 is 0.727 bits per heavy atom. The molecule has 0 radical (unpaired) electrons. The summed E-state index contributed by atoms with van der Waals surface area (Å²) < 4.78 is 0. The summed E-state index contributed by atoms with van der Waals surface area (Å²) in [6, 6.07) is 26.0. The smallest absolute Gasteiger partial charge is 0.0522 e. The number of hydrogen-bond donors (Lipinski definition) is 0. The summed E-state index contributed by atoms with van der Waals surface area (Å²) in [6.07, 6.45) is 4.58. The second-order valence-corrected chi connectivity index (χ2v) is 6.04. The van der Waals surface area contributed by atoms with E-state index in [9.17, 15) is 0 Å². The minimum absolute atomic E-state index is 0.204. The van der Waals surface area contributed by atoms with Crippen LogP contribution in [0.2, 0.25) is 0 Å². The van der Waals surface area contributed by atoms with Gasteiger partial charge in [-0.15, -0.1) is 0 Å². The largest absolute Gasteiger partial charge is 0.260 e. The molecular weight excluding hydrogens is 266 g/mol. The van der Waals surface area contributed by atoms with Gasteiger partial charge in [-0.3, -0.25) is 4.98 Å². The van der Waals surface area contributed by atoms with Crippen LogP contribution in [0.15, 0.2) is 79.0 Å². The van der Waals surface area contributed by atoms with E-state index in [0.29, 0.717) is 0 Å². The number of hydrogen-bond acceptors (Lipinski definition) is 1. The van der Waals surface area contributed by atoms with Crippen LogP contribution >= 0.6 is 0 Å². The van der Waals surface area contributed by atoms with Crippen LogP contribution < -0.4 is 0 Å². The van der Waals surface area contributed by atoms with Crippen LogP contribution in [-0.2, 0) is 0 Å². The molecule has 108 valence electrons. The van der Waals surface area contributed by atoms with Gasteiger partial charge in [0.2, 0.25) is 0 Å². The molecule has 4 rings (SSSR count). The third-order valence-electron chi connectivity index (χ3n) is 4.43. The van der Waals surface area contributed by atoms with Crippen LogP contribution in [0.3, 0.4) is 0 Å². The topological polar surface area (TPSA) is 12.9 Å². The van der Waals surface area contributed by atoms with Gasteiger partial charge in [-0.2, -0.15) is 0 Å². The Morgan fingerprint density at radius 3 is 2.05 bits per heavy atom. The van der Waals surface area contributed by atoms with E-state index in [1.165, 1.54) is 29.5 Å². The van der Waals surface area contributed by atoms with Crippen LogP contribution in [-0.4, -0.2) is 4.98 Å². The first kappa shape index (κ1) is 13.3. The molecule has 22 heavy (non-hydrogen) atoms. The molecule has 0 bridgehead atoms. The highest BCUT2D eigenvalue weighted by Gasteiger charge is 2.24. The van der Waals surface area contributed by atoms with Gasteiger partial charge in [0.05, 0.1) is 11.6 Å². The van der Waals surface area contributed by atoms with Crippen molar-refractivity contribution in [1.29, 1.82) is 0 Å². The van der Waals surface area contributed by atoms with E-state index in [2.05, 4.69) is 71.7 Å². The van der Waals surface area contributed by atoms with Gasteiger partial charge < -0.3 is 0 Å². The van der Waals surface area contributed by atoms with E-state index in [1.54, 1.807) is 0 Å². The fourth-order valence-electron chi connectivity index (χ4n) is 3.10. The molecule has 1 unspecified atom stereocenters. The minimum Gasteiger partial charge on any atom is -0.260 e. The molecule has 1 saturated carbocycles. The molecule has 1 aliphatic rings. The van der Waals surface area contributed by atoms with Gasteiger partial charge in [0, 0.05) is 6.20 Å². The molecule has 1 atom stereocenters. The fourth-order valence-corrected chi connectivity index (χ4v) is 3.10. The maximum Gasteiger partial charge on any atom is 0.0522 e. The molecule has 1 aromatic heterocycles. The zero-order valence-corrected chi connectivity index (χ0v) is 12.5. The molecule has 1 heterocycles. The zero-order valence-electron chi connectivity index (χ0n) is 12.5. The Balaban J connectivity index is 1.76. The molecule has 0 saturated heterocycles. The maximum atomic E-state index is 4.60. The van der Waals surface area contributed by atoms with Crippen LogP contribution in [0.1, 0.15) is 47.1 Å². The normalized spacial score (nSPS) is 15.5. The third-order valence-corrected chi connectivity index (χ3v) is 4.43. The lowest BCUT2D eigenvalue weighted by atomic mass is 9.87. The zero-order chi connectivity index (χ0) is 14.8. The summed E-state index contributed by atoms with van der Waals surface area (Å²) in [6.45, 7) is 0. The predicted molar refractivity (Wildman–Crippen MR) is 90.0 cm³/mol. The third kappa shape index (κ3) is 2.67. The van der Waals surface area contributed by atoms with E-state index >= 15 is 0 Å². The molecule has 0 amide bonds. The number of aromatic nitrogens is 1. The molecule has 1 heteroatoms. The van der Waals surface area contributed by atoms with Crippen molar-refractivity contribution in [3.05, 3.63) is 101 Å². The van der Waals surface area contributed by atoms with Crippen LogP contribution in [0.5, 0.6) is 0 Å². The van der Waals surface area contributed by atoms with E-state index in [4.69, 9.17) is 0 Å². The molecule has 2 aromatic carbocycles. The van der Waals surface area contributed by atoms with Crippen molar-refractivity contribution in [2.75, 3.05) is 0 Å². The maximum absolute atomic E-state index is 4.60. The summed E-state index contributed by atoms with van der Waals surface area (Å²) in [4.78, 5) is 4.60. The number of rotatable bonds is 4. The first-order valence-electron chi connectivity index (χ1n) is 7.97. The number of nitrogens with zero attached hydrogens (tertiary/aromatic N) is 1. The molecule has 1 fully saturated rings. The quantitative estimate of drug-likeness (QED) is 0.647. The van der Waals surface area contributed by atoms with Crippen molar-refractivity contribution in [1.82, 2.24) is 4.98 Å². The predicted octanol–water partition coefficient (Wildman–Crippen LogP) is 5.14. The molecule has 0 spiro atoms. The van der Waals surface area contributed by atoms with Gasteiger partial charge in [-0.1, -0.05) is 60.7 Å². The van der Waals surface area contributed by atoms with Gasteiger partial charge >= 0.3 is 0 Å². The average molecular weight is 285 g/mol. The number of pyridine rings is 1. The lowest BCUT2D eigenvalue weighted by molar-refractivity contribution is 0.916. The van der Waals surface area contributed by atoms with Gasteiger partial charge in [0.25, 0.3) is 0 Å². The summed E-state index contributed by atoms with van der Waals surface area (Å²) in [5, 5.41) is 0. The molecule has 3 aromatic rings. The van der Waals surface area contributed by atoms with Crippen molar-refractivity contribution >= 4 is 0 Å². The Kier molecular flexibility index (Phi) is 3.48. The second kappa shape index (κ2) is 5.76. The standard InChI is InChI=1S/C21H19N/c1-2-6-18(7-3-1)21(20-8-4-5-15-22-20)19-13-11-17(12-14-19)16-9-10-16/h1-8,11-16,21H,9-10H2. The molecular formula is C21H19N. The number of benzene rings is 2. The second-order valence-electron chi connectivity index (χ2n) is 6.04. The summed E-state index contributed by atoms with van der Waals surface area (Å²) in [5.41, 5.74) is 5.19. The molecule has 0 N–H and O–H groups in total. The van der Waals surface area contributed by atoms with Crippen LogP contribution in [0.4, 0.5) is 0 Å². The molecule has 1 aliphatic carbocycles. The van der Waals surface area contributed by atoms with E-state index in [-0.39, 0.29) is 5.92 Å². The van der Waals surface area contributed by atoms with Crippen molar-refractivity contribution in [2.45, 2.75) is 24.7 Å². The summed E-state index contributed by atoms with van der Waals surface area (Å²) in [7, 11) is 0. The minimum atomic E-state index is 0.204. The highest BCUT2D eigenvalue weighted by molar-refractivity contribution is 5.42. The van der Waals surface area contributed by atoms with E-state index < -0.39 is 0 Å². The van der Waals surface area contributed by atoms with Crippen molar-refractivity contribution in [3.8, 4) is 0 Å². The van der Waals surface area contributed by atoms with Crippen LogP contribution in [0.25, 0.3) is 0 Å². The van der Waals surface area contributed by atoms with Gasteiger partial charge in [-0.25, -0.2) is 0 Å². The van der Waals surface area contributed by atoms with Crippen molar-refractivity contribution in [3.63, 3.8) is 0 Å². The van der Waals surface area contributed by atoms with E-state index in [0.717, 1.165) is 11.6 Å². The highest BCUT2D eigenvalue weighted by atomic mass is 14.7. The SMILES string of the molecule is c1ccc(C(c2ccc(C3CC3)cc2)c2ccccn2)cc1. The van der Waals surface area contributed by atoms with Gasteiger partial charge in [-0.05, 0) is 47.6 Å². The average Bonchev–Trinajstić information content (AvgIpc) is 3.43. The highest BCUT2D eigenvalue weighted by Crippen LogP contribution is 2.40. The van der Waals surface area contributed by atoms with Crippen molar-refractivity contribution < 1.29 is 0 Å². The monoisotopic (exact) mass is 285 g/mol. The van der Waals surface area contributed by atoms with Gasteiger partial charge in [0.15, 0.2) is 0 Å². The first-order valence-corrected chi connectivity index (χ1v) is 7.97. The van der Waals surface area contributed by atoms with Crippen molar-refractivity contribution in [2.24, 2.45) is 0 Å². The molecule has 1 nitrogen and oxygen atoms in total. The first-order chi connectivity index (χ1) is 10.9. The Bertz CT molecular complexity index is 688. The summed E-state index contributed by atoms with van der Waals surface area (Å²) >= 11 is 0. The molecule has 0 aliphatic heterocycles. The van der Waals surface area contributed by atoms with Gasteiger partial charge in [0.1, 0.15) is 0 Å². The lowest BCUT2D eigenvalue weighted by Crippen LogP contribution is -2.05. The Morgan fingerprint density at radius 2 is 1.41 bits per heavy atom.